The number of hydrogen-bond acceptors (Lipinski definition) is 1. The molecule has 92 valence electrons. The Hall–Kier alpha value is -1.44. The smallest absolute Gasteiger partial charge is 0.112 e. The number of hydrogen-bond donors (Lipinski definition) is 0. The first-order chi connectivity index (χ1) is 8.74. The highest BCUT2D eigenvalue weighted by Gasteiger charge is 1.92. The van der Waals surface area contributed by atoms with Gasteiger partial charge in [0, 0.05) is 10.0 Å². The van der Waals surface area contributed by atoms with Gasteiger partial charge < -0.3 is 4.74 Å². The molecule has 18 heavy (non-hydrogen) atoms. The van der Waals surface area contributed by atoms with Crippen LogP contribution in [-0.4, -0.2) is 0 Å². The van der Waals surface area contributed by atoms with Crippen LogP contribution in [-0.2, 0) is 11.3 Å². The predicted octanol–water partition coefficient (Wildman–Crippen LogP) is 5.18. The third kappa shape index (κ3) is 4.10. The minimum atomic E-state index is 0.529. The van der Waals surface area contributed by atoms with Crippen LogP contribution in [0.5, 0.6) is 0 Å². The lowest BCUT2D eigenvalue weighted by Gasteiger charge is -2.01. The first kappa shape index (κ1) is 13.0. The summed E-state index contributed by atoms with van der Waals surface area (Å²) in [7, 11) is 0. The van der Waals surface area contributed by atoms with E-state index in [1.165, 1.54) is 0 Å². The van der Waals surface area contributed by atoms with Gasteiger partial charge in [-0.2, -0.15) is 0 Å². The highest BCUT2D eigenvalue weighted by Crippen LogP contribution is 2.12. The monoisotopic (exact) mass is 278 g/mol. The largest absolute Gasteiger partial charge is 0.496 e. The first-order valence-corrected chi connectivity index (χ1v) is 6.28. The van der Waals surface area contributed by atoms with Crippen LogP contribution >= 0.6 is 23.2 Å². The average Bonchev–Trinajstić information content (AvgIpc) is 2.39. The number of ether oxygens (including phenoxy) is 1. The molecule has 3 heteroatoms. The molecule has 0 heterocycles. The fourth-order valence-electron chi connectivity index (χ4n) is 1.43. The van der Waals surface area contributed by atoms with Crippen molar-refractivity contribution in [3.63, 3.8) is 0 Å². The quantitative estimate of drug-likeness (QED) is 0.700. The van der Waals surface area contributed by atoms with Gasteiger partial charge in [-0.3, -0.25) is 0 Å². The van der Waals surface area contributed by atoms with Crippen LogP contribution in [0, 0.1) is 0 Å². The van der Waals surface area contributed by atoms with Gasteiger partial charge in [-0.15, -0.1) is 0 Å². The minimum Gasteiger partial charge on any atom is -0.496 e. The third-order valence-corrected chi connectivity index (χ3v) is 2.89. The van der Waals surface area contributed by atoms with Crippen LogP contribution in [0.15, 0.2) is 54.8 Å². The second-order valence-corrected chi connectivity index (χ2v) is 4.66. The van der Waals surface area contributed by atoms with Crippen molar-refractivity contribution < 1.29 is 4.74 Å². The Morgan fingerprint density at radius 1 is 0.833 bits per heavy atom. The molecule has 0 unspecified atom stereocenters. The molecule has 0 spiro atoms. The molecule has 2 rings (SSSR count). The van der Waals surface area contributed by atoms with Gasteiger partial charge in [0.1, 0.15) is 6.61 Å². The van der Waals surface area contributed by atoms with Crippen LogP contribution in [0.2, 0.25) is 10.0 Å². The van der Waals surface area contributed by atoms with Crippen molar-refractivity contribution in [2.45, 2.75) is 6.61 Å². The molecule has 0 atom stereocenters. The molecule has 0 aliphatic heterocycles. The highest BCUT2D eigenvalue weighted by atomic mass is 35.5. The van der Waals surface area contributed by atoms with Gasteiger partial charge in [0.15, 0.2) is 0 Å². The Labute approximate surface area is 117 Å². The number of benzene rings is 2. The van der Waals surface area contributed by atoms with Gasteiger partial charge in [0.2, 0.25) is 0 Å². The second kappa shape index (κ2) is 6.48. The Kier molecular flexibility index (Phi) is 4.68. The lowest BCUT2D eigenvalue weighted by Crippen LogP contribution is -1.85. The second-order valence-electron chi connectivity index (χ2n) is 3.79. The molecule has 0 saturated carbocycles. The van der Waals surface area contributed by atoms with E-state index < -0.39 is 0 Å². The standard InChI is InChI=1S/C15H12Cl2O/c16-14-5-1-12(2-6-14)9-10-18-11-13-3-7-15(17)8-4-13/h1-10H,11H2. The lowest BCUT2D eigenvalue weighted by atomic mass is 10.2. The van der Waals surface area contributed by atoms with E-state index in [4.69, 9.17) is 27.9 Å². The van der Waals surface area contributed by atoms with Crippen LogP contribution in [0.4, 0.5) is 0 Å². The van der Waals surface area contributed by atoms with Gasteiger partial charge >= 0.3 is 0 Å². The van der Waals surface area contributed by atoms with Crippen molar-refractivity contribution in [1.29, 1.82) is 0 Å². The average molecular weight is 279 g/mol. The minimum absolute atomic E-state index is 0.529. The van der Waals surface area contributed by atoms with E-state index in [0.717, 1.165) is 21.2 Å². The molecule has 0 N–H and O–H groups in total. The molecule has 1 nitrogen and oxygen atoms in total. The summed E-state index contributed by atoms with van der Waals surface area (Å²) in [5, 5.41) is 1.46. The molecule has 0 aliphatic rings. The summed E-state index contributed by atoms with van der Waals surface area (Å²) < 4.78 is 5.44. The van der Waals surface area contributed by atoms with E-state index in [2.05, 4.69) is 0 Å². The molecule has 0 saturated heterocycles. The molecule has 0 amide bonds. The fourth-order valence-corrected chi connectivity index (χ4v) is 1.68. The molecule has 2 aromatic rings. The van der Waals surface area contributed by atoms with Crippen LogP contribution < -0.4 is 0 Å². The molecule has 2 aromatic carbocycles. The SMILES string of the molecule is Clc1ccc(C=COCc2ccc(Cl)cc2)cc1. The summed E-state index contributed by atoms with van der Waals surface area (Å²) in [6.45, 7) is 0.529. The first-order valence-electron chi connectivity index (χ1n) is 5.52. The molecule has 0 radical (unpaired) electrons. The summed E-state index contributed by atoms with van der Waals surface area (Å²) in [6, 6.07) is 15.2. The van der Waals surface area contributed by atoms with Gasteiger partial charge in [-0.25, -0.2) is 0 Å². The van der Waals surface area contributed by atoms with Gasteiger partial charge in [-0.1, -0.05) is 47.5 Å². The van der Waals surface area contributed by atoms with E-state index in [1.54, 1.807) is 6.26 Å². The van der Waals surface area contributed by atoms with Crippen LogP contribution in [0.3, 0.4) is 0 Å². The van der Waals surface area contributed by atoms with Gasteiger partial charge in [0.05, 0.1) is 6.26 Å². The van der Waals surface area contributed by atoms with E-state index in [9.17, 15) is 0 Å². The fraction of sp³-hybridized carbons (Fsp3) is 0.0667. The Balaban J connectivity index is 1.84. The van der Waals surface area contributed by atoms with E-state index in [1.807, 2.05) is 54.6 Å². The van der Waals surface area contributed by atoms with Gasteiger partial charge in [0.25, 0.3) is 0 Å². The van der Waals surface area contributed by atoms with E-state index in [0.29, 0.717) is 6.61 Å². The zero-order valence-corrected chi connectivity index (χ0v) is 11.2. The molecule has 0 aromatic heterocycles. The van der Waals surface area contributed by atoms with E-state index in [-0.39, 0.29) is 0 Å². The van der Waals surface area contributed by atoms with Gasteiger partial charge in [-0.05, 0) is 41.5 Å². The summed E-state index contributed by atoms with van der Waals surface area (Å²) in [6.07, 6.45) is 3.57. The summed E-state index contributed by atoms with van der Waals surface area (Å²) in [4.78, 5) is 0. The maximum atomic E-state index is 5.80. The molecular formula is C15H12Cl2O. The Bertz CT molecular complexity index is 515. The van der Waals surface area contributed by atoms with Crippen molar-refractivity contribution >= 4 is 29.3 Å². The lowest BCUT2D eigenvalue weighted by molar-refractivity contribution is 0.239. The normalized spacial score (nSPS) is 10.8. The van der Waals surface area contributed by atoms with Crippen LogP contribution in [0.25, 0.3) is 6.08 Å². The zero-order chi connectivity index (χ0) is 12.8. The molecule has 0 aliphatic carbocycles. The Morgan fingerprint density at radius 3 is 2.00 bits per heavy atom. The van der Waals surface area contributed by atoms with Crippen molar-refractivity contribution in [2.75, 3.05) is 0 Å². The van der Waals surface area contributed by atoms with Crippen molar-refractivity contribution in [2.24, 2.45) is 0 Å². The van der Waals surface area contributed by atoms with Crippen molar-refractivity contribution in [3.8, 4) is 0 Å². The van der Waals surface area contributed by atoms with Crippen molar-refractivity contribution in [3.05, 3.63) is 76.0 Å². The molecule has 0 bridgehead atoms. The van der Waals surface area contributed by atoms with E-state index >= 15 is 0 Å². The number of rotatable bonds is 4. The summed E-state index contributed by atoms with van der Waals surface area (Å²) in [5.41, 5.74) is 2.13. The molecule has 0 fully saturated rings. The number of halogens is 2. The molecular weight excluding hydrogens is 267 g/mol. The third-order valence-electron chi connectivity index (χ3n) is 2.39. The topological polar surface area (TPSA) is 9.23 Å². The highest BCUT2D eigenvalue weighted by molar-refractivity contribution is 6.30. The summed E-state index contributed by atoms with van der Waals surface area (Å²) in [5.74, 6) is 0. The predicted molar refractivity (Wildman–Crippen MR) is 76.7 cm³/mol. The van der Waals surface area contributed by atoms with Crippen molar-refractivity contribution in [1.82, 2.24) is 0 Å². The summed E-state index contributed by atoms with van der Waals surface area (Å²) >= 11 is 11.6. The zero-order valence-electron chi connectivity index (χ0n) is 9.64. The Morgan fingerprint density at radius 2 is 1.39 bits per heavy atom. The maximum Gasteiger partial charge on any atom is 0.112 e. The van der Waals surface area contributed by atoms with Crippen LogP contribution in [0.1, 0.15) is 11.1 Å². The maximum absolute atomic E-state index is 5.80.